The maximum Gasteiger partial charge on any atom is 0.416 e. The van der Waals surface area contributed by atoms with Crippen molar-refractivity contribution in [3.05, 3.63) is 83.4 Å². The molecule has 2 aromatic rings. The van der Waals surface area contributed by atoms with E-state index in [1.807, 2.05) is 24.3 Å². The Balaban J connectivity index is 0.000000225. The van der Waals surface area contributed by atoms with Crippen LogP contribution in [-0.4, -0.2) is 35.9 Å². The Morgan fingerprint density at radius 2 is 2.00 bits per heavy atom. The van der Waals surface area contributed by atoms with Crippen LogP contribution >= 0.6 is 0 Å². The van der Waals surface area contributed by atoms with Gasteiger partial charge in [-0.1, -0.05) is 36.9 Å². The molecule has 8 heteroatoms. The number of carbonyl (C=O) groups excluding carboxylic acids is 2. The van der Waals surface area contributed by atoms with Crippen LogP contribution < -0.4 is 5.32 Å². The number of halogens is 3. The Labute approximate surface area is 178 Å². The van der Waals surface area contributed by atoms with Gasteiger partial charge in [-0.05, 0) is 41.8 Å². The first kappa shape index (κ1) is 22.6. The maximum atomic E-state index is 12.6. The minimum absolute atomic E-state index is 0.0515. The van der Waals surface area contributed by atoms with Gasteiger partial charge in [0.05, 0.1) is 18.3 Å². The Kier molecular flexibility index (Phi) is 7.12. The van der Waals surface area contributed by atoms with Crippen LogP contribution in [0.5, 0.6) is 0 Å². The zero-order valence-corrected chi connectivity index (χ0v) is 16.8. The largest absolute Gasteiger partial charge is 0.416 e. The first-order chi connectivity index (χ1) is 14.8. The average molecular weight is 432 g/mol. The third-order valence-electron chi connectivity index (χ3n) is 5.07. The molecule has 2 amide bonds. The van der Waals surface area contributed by atoms with E-state index in [-0.39, 0.29) is 24.5 Å². The predicted molar refractivity (Wildman–Crippen MR) is 109 cm³/mol. The number of rotatable bonds is 4. The third kappa shape index (κ3) is 5.95. The molecule has 5 nitrogen and oxygen atoms in total. The Hall–Kier alpha value is -3.13. The first-order valence-electron chi connectivity index (χ1n) is 9.83. The smallest absolute Gasteiger partial charge is 0.372 e. The fourth-order valence-corrected chi connectivity index (χ4v) is 3.41. The molecule has 2 aromatic carbocycles. The van der Waals surface area contributed by atoms with Gasteiger partial charge in [0.1, 0.15) is 0 Å². The fraction of sp³-hybridized carbons (Fsp3) is 0.304. The molecule has 0 aliphatic carbocycles. The minimum Gasteiger partial charge on any atom is -0.372 e. The molecule has 2 aliphatic heterocycles. The molecule has 0 aromatic heterocycles. The van der Waals surface area contributed by atoms with Crippen molar-refractivity contribution in [2.24, 2.45) is 0 Å². The highest BCUT2D eigenvalue weighted by Crippen LogP contribution is 2.29. The molecule has 4 rings (SSSR count). The summed E-state index contributed by atoms with van der Waals surface area (Å²) in [6.07, 6.45) is -2.58. The lowest BCUT2D eigenvalue weighted by molar-refractivity contribution is -0.137. The zero-order valence-electron chi connectivity index (χ0n) is 16.8. The van der Waals surface area contributed by atoms with Crippen molar-refractivity contribution in [1.29, 1.82) is 0 Å². The van der Waals surface area contributed by atoms with Crippen LogP contribution in [-0.2, 0) is 28.9 Å². The molecule has 2 heterocycles. The molecule has 1 atom stereocenters. The second kappa shape index (κ2) is 9.78. The highest BCUT2D eigenvalue weighted by Gasteiger charge is 2.30. The molecule has 2 aliphatic rings. The number of amides is 2. The molecule has 0 saturated carbocycles. The second-order valence-corrected chi connectivity index (χ2v) is 7.25. The van der Waals surface area contributed by atoms with Crippen molar-refractivity contribution < 1.29 is 27.5 Å². The third-order valence-corrected chi connectivity index (χ3v) is 5.07. The summed E-state index contributed by atoms with van der Waals surface area (Å²) in [5.41, 5.74) is 1.71. The average Bonchev–Trinajstić information content (AvgIpc) is 3.39. The molecule has 1 fully saturated rings. The molecular weight excluding hydrogens is 409 g/mol. The van der Waals surface area contributed by atoms with Gasteiger partial charge in [0.25, 0.3) is 5.91 Å². The predicted octanol–water partition coefficient (Wildman–Crippen LogP) is 3.94. The van der Waals surface area contributed by atoms with E-state index in [2.05, 4.69) is 11.9 Å². The molecule has 0 bridgehead atoms. The monoisotopic (exact) mass is 432 g/mol. The molecule has 0 unspecified atom stereocenters. The van der Waals surface area contributed by atoms with Crippen molar-refractivity contribution in [3.63, 3.8) is 0 Å². The van der Waals surface area contributed by atoms with Crippen molar-refractivity contribution in [1.82, 2.24) is 10.2 Å². The highest BCUT2D eigenvalue weighted by molar-refractivity contribution is 5.98. The van der Waals surface area contributed by atoms with E-state index in [4.69, 9.17) is 4.74 Å². The number of benzene rings is 2. The Morgan fingerprint density at radius 3 is 2.71 bits per heavy atom. The van der Waals surface area contributed by atoms with Gasteiger partial charge < -0.3 is 15.0 Å². The van der Waals surface area contributed by atoms with Gasteiger partial charge in [-0.2, -0.15) is 13.2 Å². The molecular formula is C23H23F3N2O3. The molecule has 0 radical (unpaired) electrons. The van der Waals surface area contributed by atoms with Gasteiger partial charge in [-0.3, -0.25) is 9.59 Å². The standard InChI is InChI=1S/C15H16F3NO2.C8H7NO/c1-2-14(20)19-7-6-13(9-19)21-10-11-4-3-5-12(8-11)15(16,17)18;10-8-7-4-2-1-3-6(7)5-9-8/h2-5,8,13H,1,6-7,9-10H2;1-4H,5H2,(H,9,10)/t13-;/m0./s1. The quantitative estimate of drug-likeness (QED) is 0.745. The summed E-state index contributed by atoms with van der Waals surface area (Å²) in [6.45, 7) is 5.24. The summed E-state index contributed by atoms with van der Waals surface area (Å²) in [4.78, 5) is 24.0. The lowest BCUT2D eigenvalue weighted by atomic mass is 10.1. The van der Waals surface area contributed by atoms with E-state index in [9.17, 15) is 22.8 Å². The summed E-state index contributed by atoms with van der Waals surface area (Å²) in [7, 11) is 0. The number of likely N-dealkylation sites (tertiary alicyclic amines) is 1. The number of ether oxygens (including phenoxy) is 1. The molecule has 0 spiro atoms. The van der Waals surface area contributed by atoms with E-state index in [0.717, 1.165) is 23.3 Å². The van der Waals surface area contributed by atoms with Gasteiger partial charge in [-0.25, -0.2) is 0 Å². The van der Waals surface area contributed by atoms with Gasteiger partial charge in [-0.15, -0.1) is 0 Å². The molecule has 1 saturated heterocycles. The van der Waals surface area contributed by atoms with Crippen LogP contribution in [0.15, 0.2) is 61.2 Å². The number of fused-ring (bicyclic) bond motifs is 1. The maximum absolute atomic E-state index is 12.6. The lowest BCUT2D eigenvalue weighted by Crippen LogP contribution is -2.28. The molecule has 164 valence electrons. The van der Waals surface area contributed by atoms with E-state index < -0.39 is 11.7 Å². The van der Waals surface area contributed by atoms with Gasteiger partial charge in [0.2, 0.25) is 5.91 Å². The lowest BCUT2D eigenvalue weighted by Gasteiger charge is -2.15. The van der Waals surface area contributed by atoms with Gasteiger partial charge >= 0.3 is 6.18 Å². The van der Waals surface area contributed by atoms with E-state index in [1.165, 1.54) is 12.1 Å². The number of nitrogens with one attached hydrogen (secondary N) is 1. The highest BCUT2D eigenvalue weighted by atomic mass is 19.4. The van der Waals surface area contributed by atoms with Crippen LogP contribution in [0, 0.1) is 0 Å². The molecule has 1 N–H and O–H groups in total. The van der Waals surface area contributed by atoms with E-state index >= 15 is 0 Å². The van der Waals surface area contributed by atoms with Gasteiger partial charge in [0.15, 0.2) is 0 Å². The SMILES string of the molecule is C=CC(=O)N1CC[C@H](OCc2cccc(C(F)(F)F)c2)C1.O=C1NCc2ccccc21. The fourth-order valence-electron chi connectivity index (χ4n) is 3.41. The minimum atomic E-state index is -4.35. The Morgan fingerprint density at radius 1 is 1.23 bits per heavy atom. The topological polar surface area (TPSA) is 58.6 Å². The van der Waals surface area contributed by atoms with Crippen molar-refractivity contribution in [2.75, 3.05) is 13.1 Å². The Bertz CT molecular complexity index is 959. The summed E-state index contributed by atoms with van der Waals surface area (Å²) >= 11 is 0. The first-order valence-corrected chi connectivity index (χ1v) is 9.83. The summed E-state index contributed by atoms with van der Waals surface area (Å²) in [5, 5.41) is 2.75. The molecule has 31 heavy (non-hydrogen) atoms. The van der Waals surface area contributed by atoms with Crippen molar-refractivity contribution >= 4 is 11.8 Å². The van der Waals surface area contributed by atoms with Crippen LogP contribution in [0.1, 0.15) is 33.5 Å². The summed E-state index contributed by atoms with van der Waals surface area (Å²) in [6, 6.07) is 12.7. The second-order valence-electron chi connectivity index (χ2n) is 7.25. The van der Waals surface area contributed by atoms with Crippen LogP contribution in [0.3, 0.4) is 0 Å². The summed E-state index contributed by atoms with van der Waals surface area (Å²) < 4.78 is 43.4. The number of nitrogens with zero attached hydrogens (tertiary/aromatic N) is 1. The van der Waals surface area contributed by atoms with Crippen molar-refractivity contribution in [2.45, 2.75) is 31.9 Å². The van der Waals surface area contributed by atoms with Crippen molar-refractivity contribution in [3.8, 4) is 0 Å². The van der Waals surface area contributed by atoms with Crippen LogP contribution in [0.2, 0.25) is 0 Å². The zero-order chi connectivity index (χ0) is 22.4. The summed E-state index contributed by atoms with van der Waals surface area (Å²) in [5.74, 6) is -0.101. The number of hydrogen-bond donors (Lipinski definition) is 1. The van der Waals surface area contributed by atoms with E-state index in [0.29, 0.717) is 31.6 Å². The van der Waals surface area contributed by atoms with Crippen LogP contribution in [0.25, 0.3) is 0 Å². The number of alkyl halides is 3. The normalized spacial score (nSPS) is 17.5. The van der Waals surface area contributed by atoms with E-state index in [1.54, 1.807) is 11.0 Å². The van der Waals surface area contributed by atoms with Gasteiger partial charge in [0, 0.05) is 25.2 Å². The number of hydrogen-bond acceptors (Lipinski definition) is 3. The number of carbonyl (C=O) groups is 2. The van der Waals surface area contributed by atoms with Crippen LogP contribution in [0.4, 0.5) is 13.2 Å².